The van der Waals surface area contributed by atoms with Crippen LogP contribution in [0.4, 0.5) is 0 Å². The summed E-state index contributed by atoms with van der Waals surface area (Å²) in [4.78, 5) is 47.8. The van der Waals surface area contributed by atoms with Crippen molar-refractivity contribution < 1.29 is 33.4 Å². The average molecular weight is 342 g/mol. The second kappa shape index (κ2) is 8.80. The van der Waals surface area contributed by atoms with Gasteiger partial charge >= 0.3 is 23.7 Å². The lowest BCUT2D eigenvalue weighted by atomic mass is 9.88. The molecule has 0 saturated heterocycles. The Morgan fingerprint density at radius 3 is 1.71 bits per heavy atom. The lowest BCUT2D eigenvalue weighted by molar-refractivity contribution is -0.289. The molecule has 0 aliphatic heterocycles. The van der Waals surface area contributed by atoms with Gasteiger partial charge in [-0.2, -0.15) is 0 Å². The van der Waals surface area contributed by atoms with E-state index < -0.39 is 29.3 Å². The summed E-state index contributed by atoms with van der Waals surface area (Å²) in [6, 6.07) is 0. The maximum absolute atomic E-state index is 12.0. The summed E-state index contributed by atoms with van der Waals surface area (Å²) >= 11 is 0. The number of aldehydes is 1. The number of ether oxygens (including phenoxy) is 3. The molecule has 0 N–H and O–H groups in total. The van der Waals surface area contributed by atoms with Gasteiger partial charge in [-0.1, -0.05) is 27.2 Å². The van der Waals surface area contributed by atoms with Crippen molar-refractivity contribution in [1.82, 2.24) is 0 Å². The van der Waals surface area contributed by atoms with Gasteiger partial charge in [-0.15, -0.1) is 0 Å². The van der Waals surface area contributed by atoms with Crippen LogP contribution in [0.2, 0.25) is 0 Å². The third-order valence-corrected chi connectivity index (χ3v) is 4.11. The van der Waals surface area contributed by atoms with Gasteiger partial charge in [0.15, 0.2) is 6.29 Å². The molecule has 0 heterocycles. The Labute approximate surface area is 142 Å². The molecule has 0 spiro atoms. The summed E-state index contributed by atoms with van der Waals surface area (Å²) in [6.45, 7) is 4.78. The van der Waals surface area contributed by atoms with Gasteiger partial charge in [-0.3, -0.25) is 19.2 Å². The molecule has 1 fully saturated rings. The molecular formula is C17H26O7. The van der Waals surface area contributed by atoms with Crippen molar-refractivity contribution in [1.29, 1.82) is 0 Å². The Hall–Kier alpha value is -1.92. The van der Waals surface area contributed by atoms with Crippen LogP contribution in [0.25, 0.3) is 0 Å². The summed E-state index contributed by atoms with van der Waals surface area (Å²) in [7, 11) is 0. The minimum Gasteiger partial charge on any atom is -0.443 e. The van der Waals surface area contributed by atoms with Crippen molar-refractivity contribution in [3.05, 3.63) is 0 Å². The SMILES string of the molecule is CCC(=O)OC1(C=O)CCCCCC1(OC(=O)CC)OC(=O)CC. The van der Waals surface area contributed by atoms with Crippen LogP contribution in [0.15, 0.2) is 0 Å². The van der Waals surface area contributed by atoms with Crippen molar-refractivity contribution in [3.63, 3.8) is 0 Å². The van der Waals surface area contributed by atoms with E-state index in [4.69, 9.17) is 14.2 Å². The minimum absolute atomic E-state index is 0.0437. The number of carbonyl (C=O) groups excluding carboxylic acids is 4. The highest BCUT2D eigenvalue weighted by atomic mass is 16.8. The van der Waals surface area contributed by atoms with Crippen LogP contribution in [0, 0.1) is 0 Å². The van der Waals surface area contributed by atoms with Crippen LogP contribution >= 0.6 is 0 Å². The maximum atomic E-state index is 12.0. The molecule has 1 unspecified atom stereocenters. The standard InChI is InChI=1S/C17H26O7/c1-4-13(19)22-16(12-18)10-8-7-9-11-17(16,23-14(20)5-2)24-15(21)6-3/h12H,4-11H2,1-3H3. The molecule has 1 aliphatic rings. The number of carbonyl (C=O) groups is 4. The summed E-state index contributed by atoms with van der Waals surface area (Å²) in [5.41, 5.74) is -1.81. The second-order valence-electron chi connectivity index (χ2n) is 5.80. The van der Waals surface area contributed by atoms with Crippen molar-refractivity contribution in [2.45, 2.75) is 83.5 Å². The molecule has 0 aromatic rings. The summed E-state index contributed by atoms with van der Waals surface area (Å²) in [6.07, 6.45) is 2.74. The molecular weight excluding hydrogens is 316 g/mol. The van der Waals surface area contributed by atoms with Gasteiger partial charge in [0.2, 0.25) is 5.60 Å². The highest BCUT2D eigenvalue weighted by Crippen LogP contribution is 2.42. The van der Waals surface area contributed by atoms with E-state index >= 15 is 0 Å². The van der Waals surface area contributed by atoms with E-state index in [0.717, 1.165) is 6.42 Å². The van der Waals surface area contributed by atoms with E-state index in [9.17, 15) is 19.2 Å². The molecule has 1 aliphatic carbocycles. The van der Waals surface area contributed by atoms with E-state index in [1.165, 1.54) is 0 Å². The van der Waals surface area contributed by atoms with Crippen LogP contribution < -0.4 is 0 Å². The van der Waals surface area contributed by atoms with E-state index in [1.807, 2.05) is 0 Å². The average Bonchev–Trinajstić information content (AvgIpc) is 2.74. The molecule has 0 bridgehead atoms. The Morgan fingerprint density at radius 1 is 0.792 bits per heavy atom. The van der Waals surface area contributed by atoms with Gasteiger partial charge in [-0.25, -0.2) is 0 Å². The third kappa shape index (κ3) is 4.33. The van der Waals surface area contributed by atoms with Gasteiger partial charge < -0.3 is 14.2 Å². The van der Waals surface area contributed by atoms with Crippen molar-refractivity contribution in [2.24, 2.45) is 0 Å². The predicted molar refractivity (Wildman–Crippen MR) is 83.8 cm³/mol. The zero-order valence-corrected chi connectivity index (χ0v) is 14.6. The highest BCUT2D eigenvalue weighted by molar-refractivity contribution is 5.78. The molecule has 24 heavy (non-hydrogen) atoms. The first-order chi connectivity index (χ1) is 11.4. The van der Waals surface area contributed by atoms with Crippen molar-refractivity contribution in [2.75, 3.05) is 0 Å². The molecule has 0 aromatic heterocycles. The maximum Gasteiger partial charge on any atom is 0.308 e. The Balaban J connectivity index is 3.40. The van der Waals surface area contributed by atoms with Crippen LogP contribution in [-0.2, 0) is 33.4 Å². The van der Waals surface area contributed by atoms with Gasteiger partial charge in [0.05, 0.1) is 0 Å². The lowest BCUT2D eigenvalue weighted by Gasteiger charge is -2.43. The van der Waals surface area contributed by atoms with E-state index in [1.54, 1.807) is 20.8 Å². The number of rotatable bonds is 7. The van der Waals surface area contributed by atoms with Gasteiger partial charge in [0.1, 0.15) is 0 Å². The normalized spacial score (nSPS) is 22.8. The van der Waals surface area contributed by atoms with Crippen molar-refractivity contribution >= 4 is 24.2 Å². The molecule has 0 radical (unpaired) electrons. The Kier molecular flexibility index (Phi) is 7.38. The topological polar surface area (TPSA) is 96.0 Å². The fourth-order valence-electron chi connectivity index (χ4n) is 2.71. The molecule has 0 aromatic carbocycles. The quantitative estimate of drug-likeness (QED) is 0.303. The van der Waals surface area contributed by atoms with Crippen molar-refractivity contribution in [3.8, 4) is 0 Å². The van der Waals surface area contributed by atoms with Gasteiger partial charge in [0, 0.05) is 32.1 Å². The molecule has 0 amide bonds. The third-order valence-electron chi connectivity index (χ3n) is 4.11. The first-order valence-corrected chi connectivity index (χ1v) is 8.50. The molecule has 1 rings (SSSR count). The van der Waals surface area contributed by atoms with Crippen LogP contribution in [0.5, 0.6) is 0 Å². The number of hydrogen-bond donors (Lipinski definition) is 0. The fourth-order valence-corrected chi connectivity index (χ4v) is 2.71. The monoisotopic (exact) mass is 342 g/mol. The number of hydrogen-bond acceptors (Lipinski definition) is 7. The van der Waals surface area contributed by atoms with Gasteiger partial charge in [-0.05, 0) is 12.8 Å². The molecule has 136 valence electrons. The minimum atomic E-state index is -1.91. The highest BCUT2D eigenvalue weighted by Gasteiger charge is 2.61. The zero-order chi connectivity index (χ0) is 18.2. The first kappa shape index (κ1) is 20.1. The molecule has 7 heteroatoms. The molecule has 1 saturated carbocycles. The smallest absolute Gasteiger partial charge is 0.308 e. The van der Waals surface area contributed by atoms with E-state index in [-0.39, 0.29) is 32.1 Å². The first-order valence-electron chi connectivity index (χ1n) is 8.50. The van der Waals surface area contributed by atoms with Gasteiger partial charge in [0.25, 0.3) is 0 Å². The summed E-state index contributed by atoms with van der Waals surface area (Å²) in [5.74, 6) is -3.77. The Bertz CT molecular complexity index is 467. The predicted octanol–water partition coefficient (Wildman–Crippen LogP) is 2.44. The number of esters is 3. The van der Waals surface area contributed by atoms with Crippen LogP contribution in [-0.4, -0.2) is 35.6 Å². The van der Waals surface area contributed by atoms with Crippen LogP contribution in [0.1, 0.15) is 72.1 Å². The largest absolute Gasteiger partial charge is 0.443 e. The van der Waals surface area contributed by atoms with E-state index in [2.05, 4.69) is 0 Å². The summed E-state index contributed by atoms with van der Waals surface area (Å²) < 4.78 is 16.3. The Morgan fingerprint density at radius 2 is 1.25 bits per heavy atom. The lowest BCUT2D eigenvalue weighted by Crippen LogP contribution is -2.62. The van der Waals surface area contributed by atoms with E-state index in [0.29, 0.717) is 19.1 Å². The fraction of sp³-hybridized carbons (Fsp3) is 0.765. The van der Waals surface area contributed by atoms with Crippen LogP contribution in [0.3, 0.4) is 0 Å². The zero-order valence-electron chi connectivity index (χ0n) is 14.6. The summed E-state index contributed by atoms with van der Waals surface area (Å²) in [5, 5.41) is 0. The molecule has 1 atom stereocenters. The second-order valence-corrected chi connectivity index (χ2v) is 5.80. The molecule has 7 nitrogen and oxygen atoms in total.